The van der Waals surface area contributed by atoms with Crippen molar-refractivity contribution in [2.24, 2.45) is 5.73 Å². The van der Waals surface area contributed by atoms with Crippen molar-refractivity contribution in [2.75, 3.05) is 10.6 Å². The molecule has 0 unspecified atom stereocenters. The summed E-state index contributed by atoms with van der Waals surface area (Å²) >= 11 is 0. The first-order chi connectivity index (χ1) is 11.5. The van der Waals surface area contributed by atoms with Crippen LogP contribution in [0, 0.1) is 0 Å². The Bertz CT molecular complexity index is 747. The molecule has 0 aromatic heterocycles. The molecular formula is C17H18N4O3. The van der Waals surface area contributed by atoms with Gasteiger partial charge in [0.1, 0.15) is 6.04 Å². The Balaban J connectivity index is 2.26. The molecule has 0 spiro atoms. The third kappa shape index (κ3) is 4.84. The first-order valence-corrected chi connectivity index (χ1v) is 7.25. The topological polar surface area (TPSA) is 113 Å². The fraction of sp³-hybridized carbons (Fsp3) is 0.118. The van der Waals surface area contributed by atoms with Crippen LogP contribution in [0.4, 0.5) is 16.2 Å². The van der Waals surface area contributed by atoms with Gasteiger partial charge in [0.15, 0.2) is 0 Å². The van der Waals surface area contributed by atoms with Crippen molar-refractivity contribution >= 4 is 29.2 Å². The lowest BCUT2D eigenvalue weighted by atomic mass is 10.1. The van der Waals surface area contributed by atoms with Crippen molar-refractivity contribution in [3.05, 3.63) is 60.2 Å². The Morgan fingerprint density at radius 3 is 2.25 bits per heavy atom. The predicted octanol–water partition coefficient (Wildman–Crippen LogP) is 1.99. The first kappa shape index (κ1) is 17.0. The van der Waals surface area contributed by atoms with E-state index >= 15 is 0 Å². The number of primary amides is 1. The zero-order valence-corrected chi connectivity index (χ0v) is 13.1. The standard InChI is InChI=1S/C17H18N4O3/c1-11(22)19-13-8-5-9-14(10-13)20-15(16(23)21-17(18)24)12-6-3-2-4-7-12/h2-10,15,20H,1H3,(H,19,22)(H3,18,21,23,24)/t15-/m1/s1. The highest BCUT2D eigenvalue weighted by Gasteiger charge is 2.21. The maximum atomic E-state index is 12.3. The third-order valence-corrected chi connectivity index (χ3v) is 3.14. The molecule has 2 rings (SSSR count). The van der Waals surface area contributed by atoms with E-state index < -0.39 is 18.0 Å². The van der Waals surface area contributed by atoms with Crippen molar-refractivity contribution in [1.29, 1.82) is 0 Å². The molecule has 0 aliphatic heterocycles. The molecule has 0 bridgehead atoms. The number of anilines is 2. The van der Waals surface area contributed by atoms with Gasteiger partial charge in [0.2, 0.25) is 5.91 Å². The molecule has 0 radical (unpaired) electrons. The molecule has 7 heteroatoms. The summed E-state index contributed by atoms with van der Waals surface area (Å²) in [6, 6.07) is 14.1. The lowest BCUT2D eigenvalue weighted by Crippen LogP contribution is -2.40. The van der Waals surface area contributed by atoms with Crippen molar-refractivity contribution in [1.82, 2.24) is 5.32 Å². The molecule has 0 aliphatic rings. The Kier molecular flexibility index (Phi) is 5.51. The van der Waals surface area contributed by atoms with E-state index in [-0.39, 0.29) is 5.91 Å². The van der Waals surface area contributed by atoms with E-state index in [1.165, 1.54) is 6.92 Å². The van der Waals surface area contributed by atoms with Gasteiger partial charge < -0.3 is 16.4 Å². The van der Waals surface area contributed by atoms with Crippen LogP contribution in [0.3, 0.4) is 0 Å². The molecule has 0 aliphatic carbocycles. The quantitative estimate of drug-likeness (QED) is 0.673. The number of nitrogens with one attached hydrogen (secondary N) is 3. The van der Waals surface area contributed by atoms with E-state index in [4.69, 9.17) is 5.73 Å². The van der Waals surface area contributed by atoms with Gasteiger partial charge in [-0.2, -0.15) is 0 Å². The van der Waals surface area contributed by atoms with Gasteiger partial charge in [0.25, 0.3) is 5.91 Å². The smallest absolute Gasteiger partial charge is 0.318 e. The molecule has 0 saturated heterocycles. The average molecular weight is 326 g/mol. The van der Waals surface area contributed by atoms with Crippen LogP contribution in [0.2, 0.25) is 0 Å². The number of urea groups is 1. The summed E-state index contributed by atoms with van der Waals surface area (Å²) in [5.41, 5.74) is 6.90. The van der Waals surface area contributed by atoms with Gasteiger partial charge in [-0.15, -0.1) is 0 Å². The summed E-state index contributed by atoms with van der Waals surface area (Å²) in [6.07, 6.45) is 0. The Labute approximate surface area is 139 Å². The number of nitrogens with two attached hydrogens (primary N) is 1. The Hall–Kier alpha value is -3.35. The molecule has 2 aromatic rings. The van der Waals surface area contributed by atoms with Crippen molar-refractivity contribution in [3.63, 3.8) is 0 Å². The molecule has 124 valence electrons. The number of carbonyl (C=O) groups excluding carboxylic acids is 3. The summed E-state index contributed by atoms with van der Waals surface area (Å²) in [7, 11) is 0. The second-order valence-corrected chi connectivity index (χ2v) is 5.10. The monoisotopic (exact) mass is 326 g/mol. The van der Waals surface area contributed by atoms with Crippen molar-refractivity contribution < 1.29 is 14.4 Å². The number of imide groups is 1. The van der Waals surface area contributed by atoms with Crippen molar-refractivity contribution in [2.45, 2.75) is 13.0 Å². The zero-order valence-electron chi connectivity index (χ0n) is 13.1. The summed E-state index contributed by atoms with van der Waals surface area (Å²) in [5, 5.41) is 7.79. The van der Waals surface area contributed by atoms with E-state index in [1.807, 2.05) is 6.07 Å². The molecular weight excluding hydrogens is 308 g/mol. The van der Waals surface area contributed by atoms with Crippen LogP contribution in [0.5, 0.6) is 0 Å². The largest absolute Gasteiger partial charge is 0.370 e. The Morgan fingerprint density at radius 1 is 0.958 bits per heavy atom. The Morgan fingerprint density at radius 2 is 1.62 bits per heavy atom. The van der Waals surface area contributed by atoms with Crippen LogP contribution in [0.25, 0.3) is 0 Å². The lowest BCUT2D eigenvalue weighted by Gasteiger charge is -2.19. The maximum absolute atomic E-state index is 12.3. The van der Waals surface area contributed by atoms with Crippen LogP contribution >= 0.6 is 0 Å². The summed E-state index contributed by atoms with van der Waals surface area (Å²) in [4.78, 5) is 34.4. The van der Waals surface area contributed by atoms with Gasteiger partial charge in [-0.25, -0.2) is 4.79 Å². The van der Waals surface area contributed by atoms with Gasteiger partial charge in [-0.1, -0.05) is 36.4 Å². The normalized spacial score (nSPS) is 11.2. The van der Waals surface area contributed by atoms with Crippen LogP contribution < -0.4 is 21.7 Å². The lowest BCUT2D eigenvalue weighted by molar-refractivity contribution is -0.120. The van der Waals surface area contributed by atoms with Gasteiger partial charge in [-0.05, 0) is 23.8 Å². The van der Waals surface area contributed by atoms with Crippen LogP contribution in [0.1, 0.15) is 18.5 Å². The van der Waals surface area contributed by atoms with E-state index in [9.17, 15) is 14.4 Å². The van der Waals surface area contributed by atoms with E-state index in [0.29, 0.717) is 16.9 Å². The fourth-order valence-corrected chi connectivity index (χ4v) is 2.20. The van der Waals surface area contributed by atoms with Gasteiger partial charge in [0.05, 0.1) is 0 Å². The highest BCUT2D eigenvalue weighted by atomic mass is 16.2. The number of carbonyl (C=O) groups is 3. The average Bonchev–Trinajstić information content (AvgIpc) is 2.52. The number of benzene rings is 2. The fourth-order valence-electron chi connectivity index (χ4n) is 2.20. The molecule has 0 saturated carbocycles. The van der Waals surface area contributed by atoms with Crippen LogP contribution in [0.15, 0.2) is 54.6 Å². The van der Waals surface area contributed by atoms with Gasteiger partial charge in [0, 0.05) is 18.3 Å². The van der Waals surface area contributed by atoms with E-state index in [0.717, 1.165) is 0 Å². The van der Waals surface area contributed by atoms with Gasteiger partial charge in [-0.3, -0.25) is 14.9 Å². The third-order valence-electron chi connectivity index (χ3n) is 3.14. The number of amides is 4. The van der Waals surface area contributed by atoms with E-state index in [1.54, 1.807) is 48.5 Å². The van der Waals surface area contributed by atoms with E-state index in [2.05, 4.69) is 16.0 Å². The number of hydrogen-bond donors (Lipinski definition) is 4. The van der Waals surface area contributed by atoms with Crippen LogP contribution in [-0.2, 0) is 9.59 Å². The predicted molar refractivity (Wildman–Crippen MR) is 91.3 cm³/mol. The maximum Gasteiger partial charge on any atom is 0.318 e. The number of hydrogen-bond acceptors (Lipinski definition) is 4. The highest BCUT2D eigenvalue weighted by molar-refractivity contribution is 5.98. The van der Waals surface area contributed by atoms with Crippen molar-refractivity contribution in [3.8, 4) is 0 Å². The first-order valence-electron chi connectivity index (χ1n) is 7.25. The minimum absolute atomic E-state index is 0.196. The molecule has 0 fully saturated rings. The summed E-state index contributed by atoms with van der Waals surface area (Å²) in [6.45, 7) is 1.41. The molecule has 5 N–H and O–H groups in total. The minimum atomic E-state index is -0.922. The molecule has 0 heterocycles. The summed E-state index contributed by atoms with van der Waals surface area (Å²) < 4.78 is 0. The van der Waals surface area contributed by atoms with Crippen LogP contribution in [-0.4, -0.2) is 17.8 Å². The molecule has 1 atom stereocenters. The highest BCUT2D eigenvalue weighted by Crippen LogP contribution is 2.22. The molecule has 2 aromatic carbocycles. The second kappa shape index (κ2) is 7.77. The number of rotatable bonds is 5. The molecule has 7 nitrogen and oxygen atoms in total. The zero-order chi connectivity index (χ0) is 17.5. The summed E-state index contributed by atoms with van der Waals surface area (Å²) in [5.74, 6) is -0.767. The second-order valence-electron chi connectivity index (χ2n) is 5.10. The molecule has 24 heavy (non-hydrogen) atoms. The minimum Gasteiger partial charge on any atom is -0.370 e. The SMILES string of the molecule is CC(=O)Nc1cccc(N[C@@H](C(=O)NC(N)=O)c2ccccc2)c1. The van der Waals surface area contributed by atoms with Gasteiger partial charge >= 0.3 is 6.03 Å². The molecule has 4 amide bonds.